The van der Waals surface area contributed by atoms with Gasteiger partial charge in [-0.3, -0.25) is 9.59 Å². The summed E-state index contributed by atoms with van der Waals surface area (Å²) >= 11 is 11.9. The van der Waals surface area contributed by atoms with Gasteiger partial charge in [-0.05, 0) is 62.2 Å². The molecule has 0 saturated heterocycles. The fourth-order valence-electron chi connectivity index (χ4n) is 2.58. The fourth-order valence-corrected chi connectivity index (χ4v) is 2.88. The number of halogens is 2. The molecule has 2 aromatic rings. The smallest absolute Gasteiger partial charge is 0.262 e. The Bertz CT molecular complexity index is 912. The van der Waals surface area contributed by atoms with Crippen molar-refractivity contribution in [3.63, 3.8) is 0 Å². The second-order valence-electron chi connectivity index (χ2n) is 7.29. The minimum atomic E-state index is -0.768. The van der Waals surface area contributed by atoms with Crippen molar-refractivity contribution in [2.45, 2.75) is 39.8 Å². The molecule has 0 fully saturated rings. The maximum atomic E-state index is 12.6. The first kappa shape index (κ1) is 23.7. The van der Waals surface area contributed by atoms with Crippen LogP contribution in [0.25, 0.3) is 0 Å². The zero-order valence-electron chi connectivity index (χ0n) is 17.3. The Morgan fingerprint density at radius 1 is 1.00 bits per heavy atom. The molecule has 160 valence electrons. The van der Waals surface area contributed by atoms with E-state index in [0.29, 0.717) is 26.9 Å². The van der Waals surface area contributed by atoms with E-state index in [1.807, 2.05) is 27.7 Å². The van der Waals surface area contributed by atoms with Crippen LogP contribution >= 0.6 is 23.2 Å². The van der Waals surface area contributed by atoms with Gasteiger partial charge in [-0.15, -0.1) is 0 Å². The Kier molecular flexibility index (Phi) is 8.69. The van der Waals surface area contributed by atoms with Crippen molar-refractivity contribution in [2.24, 2.45) is 11.0 Å². The van der Waals surface area contributed by atoms with Crippen LogP contribution < -0.4 is 15.5 Å². The molecule has 8 heteroatoms. The number of ether oxygens (including phenoxy) is 1. The molecule has 2 N–H and O–H groups in total. The van der Waals surface area contributed by atoms with Gasteiger partial charge in [0, 0.05) is 21.2 Å². The summed E-state index contributed by atoms with van der Waals surface area (Å²) in [6.45, 7) is 7.49. The number of nitrogens with one attached hydrogen (secondary N) is 2. The van der Waals surface area contributed by atoms with Crippen LogP contribution in [0.5, 0.6) is 5.75 Å². The molecule has 30 heavy (non-hydrogen) atoms. The number of carbonyl (C=O) groups excluding carboxylic acids is 2. The predicted molar refractivity (Wildman–Crippen MR) is 120 cm³/mol. The second kappa shape index (κ2) is 11.0. The van der Waals surface area contributed by atoms with Gasteiger partial charge in [0.25, 0.3) is 11.8 Å². The number of hydrazone groups is 1. The van der Waals surface area contributed by atoms with E-state index in [1.54, 1.807) is 42.5 Å². The topological polar surface area (TPSA) is 79.8 Å². The Morgan fingerprint density at radius 3 is 2.23 bits per heavy atom. The Hall–Kier alpha value is -2.57. The summed E-state index contributed by atoms with van der Waals surface area (Å²) < 4.78 is 5.72. The lowest BCUT2D eigenvalue weighted by atomic mass is 10.0. The van der Waals surface area contributed by atoms with Gasteiger partial charge in [0.1, 0.15) is 11.8 Å². The first-order valence-corrected chi connectivity index (χ1v) is 10.3. The van der Waals surface area contributed by atoms with Crippen molar-refractivity contribution in [2.75, 3.05) is 0 Å². The van der Waals surface area contributed by atoms with Crippen LogP contribution in [0, 0.1) is 5.92 Å². The van der Waals surface area contributed by atoms with Gasteiger partial charge in [0.15, 0.2) is 0 Å². The van der Waals surface area contributed by atoms with Crippen LogP contribution in [0.15, 0.2) is 47.6 Å². The molecule has 0 aliphatic carbocycles. The van der Waals surface area contributed by atoms with Crippen LogP contribution in [0.2, 0.25) is 10.0 Å². The molecule has 2 aromatic carbocycles. The molecule has 1 unspecified atom stereocenters. The van der Waals surface area contributed by atoms with Gasteiger partial charge in [-0.25, -0.2) is 5.43 Å². The SMILES string of the molecule is CC(C)Oc1ccc(Cl)cc1/C=N\NC(=O)C(NC(=O)c1ccc(Cl)cc1)C(C)C. The zero-order valence-corrected chi connectivity index (χ0v) is 18.8. The average molecular weight is 450 g/mol. The number of hydrogen-bond acceptors (Lipinski definition) is 4. The maximum absolute atomic E-state index is 12.6. The number of benzene rings is 2. The first-order chi connectivity index (χ1) is 14.2. The summed E-state index contributed by atoms with van der Waals surface area (Å²) in [6.07, 6.45) is 1.43. The first-order valence-electron chi connectivity index (χ1n) is 9.53. The molecule has 0 saturated carbocycles. The molecule has 0 radical (unpaired) electrons. The van der Waals surface area contributed by atoms with E-state index in [4.69, 9.17) is 27.9 Å². The van der Waals surface area contributed by atoms with E-state index in [0.717, 1.165) is 0 Å². The van der Waals surface area contributed by atoms with Gasteiger partial charge < -0.3 is 10.1 Å². The van der Waals surface area contributed by atoms with Crippen LogP contribution in [-0.2, 0) is 4.79 Å². The van der Waals surface area contributed by atoms with Crippen molar-refractivity contribution < 1.29 is 14.3 Å². The highest BCUT2D eigenvalue weighted by Gasteiger charge is 2.24. The zero-order chi connectivity index (χ0) is 22.3. The lowest BCUT2D eigenvalue weighted by Gasteiger charge is -2.20. The molecule has 1 atom stereocenters. The number of nitrogens with zero attached hydrogens (tertiary/aromatic N) is 1. The highest BCUT2D eigenvalue weighted by atomic mass is 35.5. The van der Waals surface area contributed by atoms with E-state index in [1.165, 1.54) is 6.21 Å². The Labute approximate surface area is 186 Å². The minimum Gasteiger partial charge on any atom is -0.490 e. The van der Waals surface area contributed by atoms with E-state index in [9.17, 15) is 9.59 Å². The monoisotopic (exact) mass is 449 g/mol. The molecule has 0 aliphatic heterocycles. The molecular weight excluding hydrogens is 425 g/mol. The molecule has 0 bridgehead atoms. The number of rotatable bonds is 8. The van der Waals surface area contributed by atoms with Crippen LogP contribution in [-0.4, -0.2) is 30.2 Å². The maximum Gasteiger partial charge on any atom is 0.262 e. The van der Waals surface area contributed by atoms with Gasteiger partial charge in [-0.1, -0.05) is 37.0 Å². The molecule has 2 rings (SSSR count). The average Bonchev–Trinajstić information content (AvgIpc) is 2.67. The normalized spacial score (nSPS) is 12.3. The summed E-state index contributed by atoms with van der Waals surface area (Å²) in [5.74, 6) is -0.352. The molecule has 0 heterocycles. The molecule has 0 aliphatic rings. The third kappa shape index (κ3) is 7.04. The second-order valence-corrected chi connectivity index (χ2v) is 8.16. The number of amides is 2. The largest absolute Gasteiger partial charge is 0.490 e. The third-order valence-electron chi connectivity index (χ3n) is 4.06. The van der Waals surface area contributed by atoms with Crippen LogP contribution in [0.3, 0.4) is 0 Å². The molecule has 6 nitrogen and oxygen atoms in total. The number of hydrogen-bond donors (Lipinski definition) is 2. The standard InChI is InChI=1S/C22H25Cl2N3O3/c1-13(2)20(26-21(28)15-5-7-17(23)8-6-15)22(29)27-25-12-16-11-18(24)9-10-19(16)30-14(3)4/h5-14,20H,1-4H3,(H,26,28)(H,27,29)/b25-12-. The predicted octanol–water partition coefficient (Wildman–Crippen LogP) is 4.69. The number of carbonyl (C=O) groups is 2. The molecule has 2 amide bonds. The van der Waals surface area contributed by atoms with Crippen molar-refractivity contribution >= 4 is 41.2 Å². The summed E-state index contributed by atoms with van der Waals surface area (Å²) in [5, 5.41) is 7.80. The lowest BCUT2D eigenvalue weighted by molar-refractivity contribution is -0.123. The summed E-state index contributed by atoms with van der Waals surface area (Å²) in [6, 6.07) is 10.8. The lowest BCUT2D eigenvalue weighted by Crippen LogP contribution is -2.48. The highest BCUT2D eigenvalue weighted by Crippen LogP contribution is 2.22. The fraction of sp³-hybridized carbons (Fsp3) is 0.318. The molecular formula is C22H25Cl2N3O3. The quantitative estimate of drug-likeness (QED) is 0.453. The van der Waals surface area contributed by atoms with E-state index in [2.05, 4.69) is 15.8 Å². The minimum absolute atomic E-state index is 0.0266. The van der Waals surface area contributed by atoms with Gasteiger partial charge in [0.2, 0.25) is 0 Å². The van der Waals surface area contributed by atoms with Crippen molar-refractivity contribution in [1.82, 2.24) is 10.7 Å². The van der Waals surface area contributed by atoms with Crippen molar-refractivity contribution in [3.8, 4) is 5.75 Å². The summed E-state index contributed by atoms with van der Waals surface area (Å²) in [5.41, 5.74) is 3.51. The summed E-state index contributed by atoms with van der Waals surface area (Å²) in [4.78, 5) is 25.1. The highest BCUT2D eigenvalue weighted by molar-refractivity contribution is 6.31. The van der Waals surface area contributed by atoms with Crippen molar-refractivity contribution in [1.29, 1.82) is 0 Å². The summed E-state index contributed by atoms with van der Waals surface area (Å²) in [7, 11) is 0. The molecule has 0 aromatic heterocycles. The molecule has 0 spiro atoms. The van der Waals surface area contributed by atoms with Gasteiger partial charge in [-0.2, -0.15) is 5.10 Å². The van der Waals surface area contributed by atoms with Gasteiger partial charge in [0.05, 0.1) is 12.3 Å². The van der Waals surface area contributed by atoms with E-state index >= 15 is 0 Å². The van der Waals surface area contributed by atoms with Crippen LogP contribution in [0.4, 0.5) is 0 Å². The Balaban J connectivity index is 2.07. The van der Waals surface area contributed by atoms with Crippen LogP contribution in [0.1, 0.15) is 43.6 Å². The van der Waals surface area contributed by atoms with E-state index in [-0.39, 0.29) is 17.9 Å². The third-order valence-corrected chi connectivity index (χ3v) is 4.54. The van der Waals surface area contributed by atoms with E-state index < -0.39 is 11.9 Å². The van der Waals surface area contributed by atoms with Crippen molar-refractivity contribution in [3.05, 3.63) is 63.6 Å². The van der Waals surface area contributed by atoms with Gasteiger partial charge >= 0.3 is 0 Å². The Morgan fingerprint density at radius 2 is 1.63 bits per heavy atom.